The highest BCUT2D eigenvalue weighted by Gasteiger charge is 2.54. The number of ether oxygens (including phenoxy) is 1. The van der Waals surface area contributed by atoms with Gasteiger partial charge in [0.05, 0.1) is 18.6 Å². The number of carbonyl (C=O) groups excluding carboxylic acids is 1. The number of hydrogen-bond donors (Lipinski definition) is 0. The minimum atomic E-state index is -1.18. The van der Waals surface area contributed by atoms with Crippen LogP contribution in [0.25, 0.3) is 0 Å². The minimum absolute atomic E-state index is 0.154. The van der Waals surface area contributed by atoms with Gasteiger partial charge in [0.15, 0.2) is 5.82 Å². The van der Waals surface area contributed by atoms with Gasteiger partial charge in [0.1, 0.15) is 5.75 Å². The van der Waals surface area contributed by atoms with Crippen LogP contribution in [0.3, 0.4) is 0 Å². The van der Waals surface area contributed by atoms with Gasteiger partial charge in [-0.1, -0.05) is 17.7 Å². The number of aryl methyl sites for hydroxylation is 3. The molecule has 0 saturated heterocycles. The van der Waals surface area contributed by atoms with Crippen LogP contribution in [0.15, 0.2) is 60.2 Å². The van der Waals surface area contributed by atoms with Gasteiger partial charge in [-0.15, -0.1) is 9.89 Å². The number of amides is 1. The summed E-state index contributed by atoms with van der Waals surface area (Å²) in [4.78, 5) is 28.3. The van der Waals surface area contributed by atoms with E-state index < -0.39 is 5.66 Å². The van der Waals surface area contributed by atoms with Crippen LogP contribution < -0.4 is 14.5 Å². The number of hydrogen-bond acceptors (Lipinski definition) is 7. The van der Waals surface area contributed by atoms with Gasteiger partial charge in [0, 0.05) is 50.7 Å². The Labute approximate surface area is 234 Å². The van der Waals surface area contributed by atoms with E-state index in [1.807, 2.05) is 62.8 Å². The number of anilines is 2. The molecule has 10 nitrogen and oxygen atoms in total. The first kappa shape index (κ1) is 27.1. The smallest absolute Gasteiger partial charge is 0.229 e. The summed E-state index contributed by atoms with van der Waals surface area (Å²) in [7, 11) is 2.05. The van der Waals surface area contributed by atoms with Gasteiger partial charge in [-0.3, -0.25) is 9.69 Å². The zero-order chi connectivity index (χ0) is 28.6. The highest BCUT2D eigenvalue weighted by atomic mass is 16.5. The van der Waals surface area contributed by atoms with Gasteiger partial charge in [-0.2, -0.15) is 5.10 Å². The van der Waals surface area contributed by atoms with Crippen molar-refractivity contribution in [1.29, 1.82) is 0 Å². The number of nitrogens with zero attached hydrogens (tertiary/aromatic N) is 8. The van der Waals surface area contributed by atoms with Crippen LogP contribution in [-0.2, 0) is 16.9 Å². The Morgan fingerprint density at radius 3 is 2.52 bits per heavy atom. The lowest BCUT2D eigenvalue weighted by Gasteiger charge is -2.41. The van der Waals surface area contributed by atoms with Gasteiger partial charge >= 0.3 is 0 Å². The van der Waals surface area contributed by atoms with E-state index in [-0.39, 0.29) is 5.91 Å². The topological polar surface area (TPSA) is 93.7 Å². The molecule has 0 aliphatic carbocycles. The summed E-state index contributed by atoms with van der Waals surface area (Å²) < 4.78 is 7.92. The lowest BCUT2D eigenvalue weighted by atomic mass is 9.98. The van der Waals surface area contributed by atoms with E-state index in [1.165, 1.54) is 10.4 Å². The van der Waals surface area contributed by atoms with Crippen molar-refractivity contribution in [3.63, 3.8) is 0 Å². The molecule has 208 valence electrons. The van der Waals surface area contributed by atoms with Crippen molar-refractivity contribution in [2.24, 2.45) is 5.10 Å². The fourth-order valence-electron chi connectivity index (χ4n) is 5.34. The molecular weight excluding hydrogens is 504 g/mol. The fraction of sp³-hybridized carbons (Fsp3) is 0.367. The normalized spacial score (nSPS) is 16.0. The Kier molecular flexibility index (Phi) is 7.18. The Bertz CT molecular complexity index is 1570. The number of imidazole rings is 1. The zero-order valence-corrected chi connectivity index (χ0v) is 24.2. The standard InChI is InChI=1S/C30H36N8O2/c1-8-35(7)25-10-11-26(21(3)18-25)37(24(6)39)30(36-15-14-31-19-36)23(5)33-38-29(30)32-28(34-38)13-16-40-27-12-9-20(2)17-22(27)4/h9-12,14-15,17-19H,8,13,16H2,1-7H3. The monoisotopic (exact) mass is 540 g/mol. The molecule has 0 bridgehead atoms. The van der Waals surface area contributed by atoms with Crippen molar-refractivity contribution in [1.82, 2.24) is 24.4 Å². The highest BCUT2D eigenvalue weighted by Crippen LogP contribution is 2.41. The number of fused-ring (bicyclic) bond motifs is 1. The lowest BCUT2D eigenvalue weighted by Crippen LogP contribution is -2.57. The number of rotatable bonds is 9. The van der Waals surface area contributed by atoms with Gasteiger partial charge in [0.2, 0.25) is 17.4 Å². The number of carbonyl (C=O) groups is 1. The molecule has 0 saturated carbocycles. The predicted molar refractivity (Wildman–Crippen MR) is 156 cm³/mol. The molecule has 1 amide bonds. The van der Waals surface area contributed by atoms with Crippen molar-refractivity contribution in [3.8, 4) is 5.75 Å². The molecule has 2 aromatic carbocycles. The van der Waals surface area contributed by atoms with Crippen LogP contribution in [0.1, 0.15) is 49.1 Å². The molecule has 40 heavy (non-hydrogen) atoms. The molecule has 0 fully saturated rings. The third kappa shape index (κ3) is 4.53. The Morgan fingerprint density at radius 2 is 1.88 bits per heavy atom. The summed E-state index contributed by atoms with van der Waals surface area (Å²) >= 11 is 0. The third-order valence-electron chi connectivity index (χ3n) is 7.46. The largest absolute Gasteiger partial charge is 0.493 e. The van der Waals surface area contributed by atoms with Gasteiger partial charge < -0.3 is 14.2 Å². The summed E-state index contributed by atoms with van der Waals surface area (Å²) in [6.07, 6.45) is 5.70. The lowest BCUT2D eigenvalue weighted by molar-refractivity contribution is -0.117. The predicted octanol–water partition coefficient (Wildman–Crippen LogP) is 4.47. The first-order valence-corrected chi connectivity index (χ1v) is 13.5. The molecule has 0 spiro atoms. The van der Waals surface area contributed by atoms with E-state index in [4.69, 9.17) is 14.8 Å². The molecule has 1 aliphatic rings. The summed E-state index contributed by atoms with van der Waals surface area (Å²) in [5, 5.41) is 9.44. The summed E-state index contributed by atoms with van der Waals surface area (Å²) in [6.45, 7) is 13.0. The van der Waals surface area contributed by atoms with E-state index >= 15 is 0 Å². The maximum atomic E-state index is 13.6. The quantitative estimate of drug-likeness (QED) is 0.311. The van der Waals surface area contributed by atoms with Crippen LogP contribution in [-0.4, -0.2) is 56.2 Å². The number of aromatic nitrogens is 5. The van der Waals surface area contributed by atoms with E-state index in [0.29, 0.717) is 30.4 Å². The van der Waals surface area contributed by atoms with E-state index in [2.05, 4.69) is 41.0 Å². The summed E-state index contributed by atoms with van der Waals surface area (Å²) in [5.41, 5.74) is 4.56. The third-order valence-corrected chi connectivity index (χ3v) is 7.46. The van der Waals surface area contributed by atoms with Crippen molar-refractivity contribution in [3.05, 3.63) is 83.5 Å². The maximum absolute atomic E-state index is 13.6. The zero-order valence-electron chi connectivity index (χ0n) is 24.2. The van der Waals surface area contributed by atoms with Crippen LogP contribution in [0.4, 0.5) is 11.4 Å². The second-order valence-corrected chi connectivity index (χ2v) is 10.3. The molecule has 1 aliphatic heterocycles. The second-order valence-electron chi connectivity index (χ2n) is 10.3. The van der Waals surface area contributed by atoms with Crippen LogP contribution >= 0.6 is 0 Å². The van der Waals surface area contributed by atoms with Crippen molar-refractivity contribution in [2.75, 3.05) is 30.0 Å². The molecule has 0 radical (unpaired) electrons. The Morgan fingerprint density at radius 1 is 1.07 bits per heavy atom. The molecular formula is C30H36N8O2. The molecule has 5 rings (SSSR count). The highest BCUT2D eigenvalue weighted by molar-refractivity contribution is 6.06. The summed E-state index contributed by atoms with van der Waals surface area (Å²) in [5.74, 6) is 1.79. The van der Waals surface area contributed by atoms with E-state index in [0.717, 1.165) is 34.8 Å². The molecule has 10 heteroatoms. The fourth-order valence-corrected chi connectivity index (χ4v) is 5.34. The minimum Gasteiger partial charge on any atom is -0.493 e. The molecule has 2 aromatic heterocycles. The second kappa shape index (κ2) is 10.6. The molecule has 3 heterocycles. The first-order valence-electron chi connectivity index (χ1n) is 13.5. The van der Waals surface area contributed by atoms with Gasteiger partial charge in [-0.25, -0.2) is 9.97 Å². The van der Waals surface area contributed by atoms with Crippen LogP contribution in [0, 0.1) is 20.8 Å². The number of benzene rings is 2. The van der Waals surface area contributed by atoms with Gasteiger partial charge in [-0.05, 0) is 70.0 Å². The van der Waals surface area contributed by atoms with Crippen LogP contribution in [0.2, 0.25) is 0 Å². The first-order chi connectivity index (χ1) is 19.2. The Hall–Kier alpha value is -4.47. The Balaban J connectivity index is 1.55. The van der Waals surface area contributed by atoms with E-state index in [9.17, 15) is 4.79 Å². The average Bonchev–Trinajstić information content (AvgIpc) is 3.64. The summed E-state index contributed by atoms with van der Waals surface area (Å²) in [6, 6.07) is 12.2. The van der Waals surface area contributed by atoms with Gasteiger partial charge in [0.25, 0.3) is 0 Å². The maximum Gasteiger partial charge on any atom is 0.229 e. The molecule has 1 unspecified atom stereocenters. The van der Waals surface area contributed by atoms with Crippen molar-refractivity contribution in [2.45, 2.75) is 53.6 Å². The molecule has 1 atom stereocenters. The molecule has 0 N–H and O–H groups in total. The SMILES string of the molecule is CCN(C)c1ccc(N(C(C)=O)C2(n3ccnc3)C(C)=Nn3nc(CCOc4ccc(C)cc4C)nc32)c(C)c1. The van der Waals surface area contributed by atoms with Crippen LogP contribution in [0.5, 0.6) is 5.75 Å². The van der Waals surface area contributed by atoms with E-state index in [1.54, 1.807) is 24.3 Å². The van der Waals surface area contributed by atoms with Crippen molar-refractivity contribution >= 4 is 23.0 Å². The molecule has 4 aromatic rings. The average molecular weight is 541 g/mol. The van der Waals surface area contributed by atoms with Crippen molar-refractivity contribution < 1.29 is 9.53 Å².